The number of allylic oxidation sites excluding steroid dienone is 4. The fraction of sp³-hybridized carbons (Fsp3) is 0. The first-order chi connectivity index (χ1) is 6.09. The number of hydrogen-bond donors (Lipinski definition) is 3. The highest BCUT2D eigenvalue weighted by Crippen LogP contribution is 2.41. The fourth-order valence-electron chi connectivity index (χ4n) is 1.16. The molecule has 2 aliphatic rings. The Kier molecular flexibility index (Phi) is 2.00. The molecule has 2 aliphatic heterocycles. The standard InChI is InChI=1S/C8H11N3P2/c9-8-5-12-4-2-1-3-7(12)6-13(8,10)11/h1-4,6H,9-11H2. The van der Waals surface area contributed by atoms with E-state index in [1.165, 1.54) is 5.31 Å². The van der Waals surface area contributed by atoms with Crippen LogP contribution in [0.25, 0.3) is 0 Å². The minimum atomic E-state index is -2.16. The van der Waals surface area contributed by atoms with Gasteiger partial charge in [0.25, 0.3) is 0 Å². The van der Waals surface area contributed by atoms with Crippen molar-refractivity contribution in [3.8, 4) is 0 Å². The third-order valence-electron chi connectivity index (χ3n) is 1.89. The molecule has 0 saturated carbocycles. The summed E-state index contributed by atoms with van der Waals surface area (Å²) in [5.41, 5.74) is 21.2. The molecule has 2 heterocycles. The number of fused-ring (bicyclic) bond motifs is 1. The Bertz CT molecular complexity index is 489. The van der Waals surface area contributed by atoms with Crippen LogP contribution < -0.4 is 16.7 Å². The van der Waals surface area contributed by atoms with E-state index in [-0.39, 0.29) is 0 Å². The Morgan fingerprint density at radius 1 is 1.31 bits per heavy atom. The van der Waals surface area contributed by atoms with E-state index in [0.717, 1.165) is 0 Å². The highest BCUT2D eigenvalue weighted by Gasteiger charge is 2.13. The molecule has 0 aromatic heterocycles. The molecule has 0 amide bonds. The van der Waals surface area contributed by atoms with Crippen molar-refractivity contribution < 1.29 is 0 Å². The van der Waals surface area contributed by atoms with Crippen LogP contribution in [-0.4, -0.2) is 17.0 Å². The van der Waals surface area contributed by atoms with Gasteiger partial charge in [-0.15, -0.1) is 0 Å². The molecule has 0 radical (unpaired) electrons. The SMILES string of the molecule is NC1=C=P2=CC=CC=C2C=P1(N)N. The molecule has 0 bridgehead atoms. The van der Waals surface area contributed by atoms with Crippen molar-refractivity contribution in [3.05, 3.63) is 29.0 Å². The Morgan fingerprint density at radius 3 is 2.85 bits per heavy atom. The van der Waals surface area contributed by atoms with Gasteiger partial charge in [0.15, 0.2) is 0 Å². The molecule has 0 aliphatic carbocycles. The number of hydrogen-bond acceptors (Lipinski definition) is 3. The van der Waals surface area contributed by atoms with Gasteiger partial charge in [-0.1, -0.05) is 17.6 Å². The van der Waals surface area contributed by atoms with Crippen LogP contribution in [-0.2, 0) is 0 Å². The van der Waals surface area contributed by atoms with Crippen LogP contribution in [0.5, 0.6) is 0 Å². The lowest BCUT2D eigenvalue weighted by molar-refractivity contribution is 1.55. The Hall–Kier alpha value is -0.680. The summed E-state index contributed by atoms with van der Waals surface area (Å²) >= 11 is 0. The molecule has 5 heteroatoms. The summed E-state index contributed by atoms with van der Waals surface area (Å²) in [4.78, 5) is 0. The highest BCUT2D eigenvalue weighted by atomic mass is 31.2. The van der Waals surface area contributed by atoms with E-state index in [2.05, 4.69) is 11.2 Å². The average Bonchev–Trinajstić information content (AvgIpc) is 2.06. The van der Waals surface area contributed by atoms with Crippen LogP contribution in [0, 0.1) is 0 Å². The maximum absolute atomic E-state index is 5.87. The van der Waals surface area contributed by atoms with E-state index >= 15 is 0 Å². The van der Waals surface area contributed by atoms with Crippen molar-refractivity contribution in [2.45, 2.75) is 0 Å². The number of nitrogens with two attached hydrogens (primary N) is 3. The molecule has 1 atom stereocenters. The summed E-state index contributed by atoms with van der Waals surface area (Å²) in [6.07, 6.45) is 6.01. The quantitative estimate of drug-likeness (QED) is 0.511. The second-order valence-corrected chi connectivity index (χ2v) is 7.14. The van der Waals surface area contributed by atoms with Crippen LogP contribution in [0.3, 0.4) is 0 Å². The number of rotatable bonds is 0. The van der Waals surface area contributed by atoms with Crippen molar-refractivity contribution in [3.63, 3.8) is 0 Å². The summed E-state index contributed by atoms with van der Waals surface area (Å²) < 4.78 is 0. The molecule has 2 rings (SSSR count). The Morgan fingerprint density at radius 2 is 2.08 bits per heavy atom. The lowest BCUT2D eigenvalue weighted by atomic mass is 10.4. The zero-order valence-corrected chi connectivity index (χ0v) is 8.80. The van der Waals surface area contributed by atoms with Gasteiger partial charge in [0.05, 0.1) is 7.19 Å². The zero-order chi connectivity index (χ0) is 9.47. The topological polar surface area (TPSA) is 78.1 Å². The highest BCUT2D eigenvalue weighted by molar-refractivity contribution is 7.79. The van der Waals surface area contributed by atoms with E-state index in [1.807, 2.05) is 24.0 Å². The van der Waals surface area contributed by atoms with Crippen LogP contribution in [0.15, 0.2) is 29.0 Å². The first-order valence-electron chi connectivity index (χ1n) is 3.82. The molecular weight excluding hydrogens is 200 g/mol. The van der Waals surface area contributed by atoms with Gasteiger partial charge in [-0.25, -0.2) is 0 Å². The molecule has 0 fully saturated rings. The predicted molar refractivity (Wildman–Crippen MR) is 64.3 cm³/mol. The maximum atomic E-state index is 5.87. The van der Waals surface area contributed by atoms with Gasteiger partial charge in [-0.3, -0.25) is 11.0 Å². The van der Waals surface area contributed by atoms with E-state index in [4.69, 9.17) is 16.7 Å². The molecule has 6 N–H and O–H groups in total. The summed E-state index contributed by atoms with van der Waals surface area (Å²) in [6, 6.07) is 0. The first kappa shape index (κ1) is 8.90. The van der Waals surface area contributed by atoms with E-state index < -0.39 is 14.4 Å². The molecular formula is C8H11N3P2. The van der Waals surface area contributed by atoms with E-state index in [0.29, 0.717) is 5.44 Å². The molecule has 3 nitrogen and oxygen atoms in total. The van der Waals surface area contributed by atoms with Crippen LogP contribution in [0.2, 0.25) is 0 Å². The maximum Gasteiger partial charge on any atom is 0.107 e. The molecule has 0 aromatic carbocycles. The Balaban J connectivity index is 2.82. The third kappa shape index (κ3) is 1.53. The van der Waals surface area contributed by atoms with Gasteiger partial charge in [-0.05, 0) is 24.8 Å². The van der Waals surface area contributed by atoms with Crippen LogP contribution in [0.1, 0.15) is 0 Å². The molecule has 1 unspecified atom stereocenters. The van der Waals surface area contributed by atoms with Crippen molar-refractivity contribution in [1.82, 2.24) is 0 Å². The summed E-state index contributed by atoms with van der Waals surface area (Å²) in [5.74, 6) is 4.01. The second-order valence-electron chi connectivity index (χ2n) is 2.96. The molecule has 0 aromatic rings. The minimum Gasteiger partial charge on any atom is -0.390 e. The monoisotopic (exact) mass is 211 g/mol. The van der Waals surface area contributed by atoms with E-state index in [9.17, 15) is 0 Å². The lowest BCUT2D eigenvalue weighted by Gasteiger charge is -2.18. The summed E-state index contributed by atoms with van der Waals surface area (Å²) in [7, 11) is -2.66. The van der Waals surface area contributed by atoms with Crippen molar-refractivity contribution >= 4 is 31.4 Å². The molecule has 13 heavy (non-hydrogen) atoms. The van der Waals surface area contributed by atoms with Crippen molar-refractivity contribution in [2.24, 2.45) is 16.7 Å². The smallest absolute Gasteiger partial charge is 0.107 e. The van der Waals surface area contributed by atoms with Crippen molar-refractivity contribution in [2.75, 3.05) is 0 Å². The van der Waals surface area contributed by atoms with Gasteiger partial charge in [0.2, 0.25) is 0 Å². The molecule has 0 spiro atoms. The summed E-state index contributed by atoms with van der Waals surface area (Å²) in [6.45, 7) is 0. The second kappa shape index (κ2) is 2.92. The zero-order valence-electron chi connectivity index (χ0n) is 7.01. The minimum absolute atomic E-state index is 0.495. The average molecular weight is 211 g/mol. The normalized spacial score (nSPS) is 25.8. The lowest BCUT2D eigenvalue weighted by Crippen LogP contribution is -2.18. The van der Waals surface area contributed by atoms with Gasteiger partial charge in [0.1, 0.15) is 5.44 Å². The summed E-state index contributed by atoms with van der Waals surface area (Å²) in [5, 5.41) is 1.17. The fourth-order valence-corrected chi connectivity index (χ4v) is 5.05. The largest absolute Gasteiger partial charge is 0.390 e. The predicted octanol–water partition coefficient (Wildman–Crippen LogP) is 0.506. The Labute approximate surface area is 77.7 Å². The van der Waals surface area contributed by atoms with Gasteiger partial charge >= 0.3 is 0 Å². The van der Waals surface area contributed by atoms with E-state index in [1.54, 1.807) is 0 Å². The van der Waals surface area contributed by atoms with Gasteiger partial charge in [-0.2, -0.15) is 0 Å². The van der Waals surface area contributed by atoms with Gasteiger partial charge in [0, 0.05) is 5.31 Å². The molecule has 0 saturated heterocycles. The first-order valence-corrected chi connectivity index (χ1v) is 7.23. The van der Waals surface area contributed by atoms with Crippen LogP contribution in [0.4, 0.5) is 0 Å². The van der Waals surface area contributed by atoms with Crippen LogP contribution >= 0.6 is 14.4 Å². The van der Waals surface area contributed by atoms with Crippen molar-refractivity contribution in [1.29, 1.82) is 0 Å². The third-order valence-corrected chi connectivity index (χ3v) is 5.71. The molecule has 68 valence electrons. The van der Waals surface area contributed by atoms with Gasteiger partial charge < -0.3 is 5.73 Å².